The molecule has 2 unspecified atom stereocenters. The topological polar surface area (TPSA) is 317 Å². The number of rotatable bonds is 16. The summed E-state index contributed by atoms with van der Waals surface area (Å²) in [5, 5.41) is 1.81. The number of nitrogens with one attached hydrogen (secondary N) is 2. The predicted molar refractivity (Wildman–Crippen MR) is 397 cm³/mol. The van der Waals surface area contributed by atoms with E-state index in [2.05, 4.69) is 33.3 Å². The minimum Gasteiger partial charge on any atom is -0.494 e. The first-order valence-corrected chi connectivity index (χ1v) is 40.8. The van der Waals surface area contributed by atoms with Crippen LogP contribution in [0.25, 0.3) is 21.5 Å². The molecule has 24 nitrogen and oxygen atoms in total. The summed E-state index contributed by atoms with van der Waals surface area (Å²) >= 11 is 0. The summed E-state index contributed by atoms with van der Waals surface area (Å²) < 4.78 is 91.5. The third-order valence-corrected chi connectivity index (χ3v) is 26.0. The fourth-order valence-corrected chi connectivity index (χ4v) is 19.0. The highest BCUT2D eigenvalue weighted by Crippen LogP contribution is 2.59. The van der Waals surface area contributed by atoms with Crippen LogP contribution in [0.4, 0.5) is 0 Å². The number of Topliss-reactive ketones (excluding diaryl/α,β-unsaturated/α-hetero) is 2. The van der Waals surface area contributed by atoms with Crippen molar-refractivity contribution >= 4 is 88.7 Å². The number of hydrogen-bond donors (Lipinski definition) is 2. The molecule has 576 valence electrons. The van der Waals surface area contributed by atoms with E-state index in [-0.39, 0.29) is 111 Å². The summed E-state index contributed by atoms with van der Waals surface area (Å²) in [6, 6.07) is 13.1. The summed E-state index contributed by atoms with van der Waals surface area (Å²) in [5.74, 6) is -4.05. The van der Waals surface area contributed by atoms with Crippen LogP contribution < -0.4 is 28.4 Å². The SMILES string of the molecule is COc1cnc(O[C@@H]2C[C@H]3C(=O)C[C@]4(C(=O)NS(=O)(=O)C5CC5)C[C@H]4/C=C\CC[C@@H](C)C[C@@H](C)C(CC(=O)OC(C)(C)C)C(=O)N3C2)c2ccccc12.COc1cnc(O[C@@H]2C[C@H]3C(=O)C[C@]4(C(=O)NS(=O)(=O)C5CC5)C[C@H]4/C=C\CC[C@H](C)C[C@@H](C)C(CC(=O)OC(C)(C)C)C(=O)N3C2)c2ccccc12. The molecular weight excluding hydrogens is 1400 g/mol. The summed E-state index contributed by atoms with van der Waals surface area (Å²) in [7, 11) is -4.57. The molecule has 4 aliphatic heterocycles. The first kappa shape index (κ1) is 79.1. The fourth-order valence-electron chi connectivity index (χ4n) is 16.2. The van der Waals surface area contributed by atoms with Crippen LogP contribution in [0.15, 0.2) is 85.2 Å². The van der Waals surface area contributed by atoms with Crippen LogP contribution in [0.2, 0.25) is 0 Å². The van der Waals surface area contributed by atoms with E-state index < -0.39 is 112 Å². The first-order chi connectivity index (χ1) is 50.0. The summed E-state index contributed by atoms with van der Waals surface area (Å²) in [6.45, 7) is 19.0. The number of allylic oxidation sites excluding steroid dienone is 4. The minimum absolute atomic E-state index is 0.0585. The predicted octanol–water partition coefficient (Wildman–Crippen LogP) is 11.1. The lowest BCUT2D eigenvalue weighted by molar-refractivity contribution is -0.160. The van der Waals surface area contributed by atoms with E-state index in [1.54, 1.807) is 68.2 Å². The summed E-state index contributed by atoms with van der Waals surface area (Å²) in [6.07, 6.45) is 16.4. The number of carbonyl (C=O) groups is 8. The second-order valence-electron chi connectivity index (χ2n) is 33.3. The molecule has 4 saturated carbocycles. The van der Waals surface area contributed by atoms with E-state index in [0.29, 0.717) is 85.4 Å². The maximum Gasteiger partial charge on any atom is 0.307 e. The van der Waals surface area contributed by atoms with Crippen molar-refractivity contribution in [2.75, 3.05) is 27.3 Å². The lowest BCUT2D eigenvalue weighted by atomic mass is 9.82. The van der Waals surface area contributed by atoms with Crippen molar-refractivity contribution in [3.8, 4) is 23.3 Å². The van der Waals surface area contributed by atoms with Crippen LogP contribution >= 0.6 is 0 Å². The lowest BCUT2D eigenvalue weighted by Crippen LogP contribution is -2.47. The van der Waals surface area contributed by atoms with Gasteiger partial charge in [0.2, 0.25) is 55.4 Å². The molecule has 4 amide bonds. The number of ether oxygens (including phenoxy) is 6. The van der Waals surface area contributed by atoms with E-state index in [9.17, 15) is 55.2 Å². The number of amides is 4. The van der Waals surface area contributed by atoms with E-state index in [0.717, 1.165) is 36.5 Å². The molecule has 6 fully saturated rings. The van der Waals surface area contributed by atoms with Crippen molar-refractivity contribution in [1.29, 1.82) is 0 Å². The van der Waals surface area contributed by atoms with Crippen LogP contribution in [0, 0.1) is 58.2 Å². The van der Waals surface area contributed by atoms with E-state index in [4.69, 9.17) is 28.4 Å². The van der Waals surface area contributed by atoms with Crippen molar-refractivity contribution in [2.45, 2.75) is 231 Å². The van der Waals surface area contributed by atoms with E-state index >= 15 is 0 Å². The van der Waals surface area contributed by atoms with Crippen LogP contribution in [0.1, 0.15) is 185 Å². The van der Waals surface area contributed by atoms with Gasteiger partial charge in [-0.05, 0) is 166 Å². The Morgan fingerprint density at radius 2 is 0.887 bits per heavy atom. The highest BCUT2D eigenvalue weighted by Gasteiger charge is 2.63. The largest absolute Gasteiger partial charge is 0.494 e. The number of esters is 2. The zero-order valence-electron chi connectivity index (χ0n) is 63.3. The lowest BCUT2D eigenvalue weighted by Gasteiger charge is -2.32. The number of benzene rings is 2. The number of methoxy groups -OCH3 is 2. The standard InChI is InChI=1S/2C40H53N3O9S/c2*1-24-11-7-8-12-26-20-40(26,38(47)42-53(48,49)28-15-16-28)21-33(44)32-18-27(51-36-30-14-10-9-13-29(30)34(50-6)22-41-36)23-43(32)37(46)31(25(2)17-24)19-35(45)52-39(3,4)5/h2*8-10,12-14,22,24-28,31-32H,7,11,15-21,23H2,1-6H3,(H,42,47)/b2*12-8-/t24-,25+,26+,27+,31?,32-,40+;24-,25-,26-,27-,31?,32+,40-/m01/s1. The number of ketones is 2. The van der Waals surface area contributed by atoms with Crippen molar-refractivity contribution in [2.24, 2.45) is 58.2 Å². The van der Waals surface area contributed by atoms with Gasteiger partial charge < -0.3 is 38.2 Å². The Kier molecular flexibility index (Phi) is 23.6. The molecule has 8 aliphatic rings. The Hall–Kier alpha value is -8.00. The number of carbonyl (C=O) groups excluding carboxylic acids is 8. The van der Waals surface area contributed by atoms with Gasteiger partial charge in [-0.15, -0.1) is 0 Å². The highest BCUT2D eigenvalue weighted by atomic mass is 32.2. The van der Waals surface area contributed by atoms with Crippen LogP contribution in [-0.4, -0.2) is 157 Å². The van der Waals surface area contributed by atoms with Gasteiger partial charge in [-0.1, -0.05) is 88.4 Å². The molecule has 0 radical (unpaired) electrons. The molecule has 106 heavy (non-hydrogen) atoms. The fraction of sp³-hybridized carbons (Fsp3) is 0.625. The maximum absolute atomic E-state index is 14.8. The van der Waals surface area contributed by atoms with Crippen molar-refractivity contribution in [1.82, 2.24) is 29.2 Å². The molecule has 26 heteroatoms. The Morgan fingerprint density at radius 3 is 1.23 bits per heavy atom. The monoisotopic (exact) mass is 1500 g/mol. The molecule has 12 rings (SSSR count). The molecule has 6 heterocycles. The Labute approximate surface area is 623 Å². The molecule has 2 aromatic heterocycles. The summed E-state index contributed by atoms with van der Waals surface area (Å²) in [4.78, 5) is 125. The summed E-state index contributed by atoms with van der Waals surface area (Å²) in [5.41, 5.74) is -3.98. The quantitative estimate of drug-likeness (QED) is 0.0777. The van der Waals surface area contributed by atoms with Gasteiger partial charge in [-0.3, -0.25) is 47.8 Å². The number of aromatic nitrogens is 2. The van der Waals surface area contributed by atoms with Crippen LogP contribution in [0.5, 0.6) is 23.3 Å². The minimum atomic E-state index is -3.85. The third-order valence-electron chi connectivity index (χ3n) is 22.4. The molecule has 14 atom stereocenters. The number of pyridine rings is 2. The van der Waals surface area contributed by atoms with Gasteiger partial charge in [0, 0.05) is 47.2 Å². The molecular formula is C80H106N6O18S2. The van der Waals surface area contributed by atoms with Crippen molar-refractivity contribution in [3.05, 3.63) is 85.2 Å². The smallest absolute Gasteiger partial charge is 0.307 e. The molecule has 2 aromatic carbocycles. The highest BCUT2D eigenvalue weighted by molar-refractivity contribution is 7.91. The molecule has 0 bridgehead atoms. The first-order valence-electron chi connectivity index (χ1n) is 37.7. The van der Waals surface area contributed by atoms with Gasteiger partial charge in [-0.25, -0.2) is 26.8 Å². The number of hydrogen-bond acceptors (Lipinski definition) is 20. The number of sulfonamides is 2. The average Bonchev–Trinajstić information content (AvgIpc) is 1.57. The van der Waals surface area contributed by atoms with Gasteiger partial charge in [0.1, 0.15) is 34.9 Å². The van der Waals surface area contributed by atoms with Gasteiger partial charge in [0.15, 0.2) is 11.6 Å². The van der Waals surface area contributed by atoms with Crippen LogP contribution in [0.3, 0.4) is 0 Å². The van der Waals surface area contributed by atoms with Gasteiger partial charge in [0.05, 0.1) is 97.8 Å². The molecule has 4 aromatic rings. The second-order valence-corrected chi connectivity index (χ2v) is 37.3. The van der Waals surface area contributed by atoms with Gasteiger partial charge >= 0.3 is 11.9 Å². The van der Waals surface area contributed by atoms with Crippen LogP contribution in [-0.2, 0) is 67.9 Å². The van der Waals surface area contributed by atoms with E-state index in [1.807, 2.05) is 86.7 Å². The molecule has 0 spiro atoms. The maximum atomic E-state index is 14.8. The average molecular weight is 1500 g/mol. The molecule has 4 aliphatic carbocycles. The van der Waals surface area contributed by atoms with Gasteiger partial charge in [0.25, 0.3) is 0 Å². The Bertz CT molecular complexity index is 4040. The Balaban J connectivity index is 0.000000212. The van der Waals surface area contributed by atoms with Gasteiger partial charge in [-0.2, -0.15) is 0 Å². The number of nitrogens with zero attached hydrogens (tertiary/aromatic N) is 4. The second kappa shape index (κ2) is 31.7. The molecule has 2 N–H and O–H groups in total. The Morgan fingerprint density at radius 1 is 0.528 bits per heavy atom. The van der Waals surface area contributed by atoms with Crippen molar-refractivity contribution < 1.29 is 83.6 Å². The third kappa shape index (κ3) is 18.6. The number of fused-ring (bicyclic) bond motifs is 6. The normalized spacial score (nSPS) is 30.3. The molecule has 2 saturated heterocycles. The zero-order valence-corrected chi connectivity index (χ0v) is 64.9. The zero-order chi connectivity index (χ0) is 76.6. The van der Waals surface area contributed by atoms with E-state index in [1.165, 1.54) is 9.80 Å². The van der Waals surface area contributed by atoms with Crippen molar-refractivity contribution in [3.63, 3.8) is 0 Å².